The van der Waals surface area contributed by atoms with E-state index in [2.05, 4.69) is 15.0 Å². The molecule has 152 valence electrons. The molecule has 29 heavy (non-hydrogen) atoms. The van der Waals surface area contributed by atoms with E-state index in [-0.39, 0.29) is 28.8 Å². The number of carbonyl (C=O) groups is 1. The molecule has 1 aromatic carbocycles. The van der Waals surface area contributed by atoms with Crippen LogP contribution in [-0.4, -0.2) is 52.4 Å². The number of nitrogens with zero attached hydrogens (tertiary/aromatic N) is 3. The van der Waals surface area contributed by atoms with Crippen LogP contribution in [0.3, 0.4) is 0 Å². The van der Waals surface area contributed by atoms with E-state index in [1.54, 1.807) is 18.2 Å². The number of rotatable bonds is 6. The normalized spacial score (nSPS) is 16.3. The van der Waals surface area contributed by atoms with Crippen molar-refractivity contribution < 1.29 is 19.0 Å². The average Bonchev–Trinajstić information content (AvgIpc) is 3.34. The van der Waals surface area contributed by atoms with Gasteiger partial charge in [-0.05, 0) is 25.0 Å². The molecule has 10 nitrogen and oxygen atoms in total. The van der Waals surface area contributed by atoms with Gasteiger partial charge in [-0.2, -0.15) is 0 Å². The van der Waals surface area contributed by atoms with Crippen LogP contribution in [0.5, 0.6) is 11.5 Å². The number of ether oxygens (including phenoxy) is 3. The zero-order valence-electron chi connectivity index (χ0n) is 16.1. The van der Waals surface area contributed by atoms with Crippen LogP contribution < -0.4 is 20.9 Å². The second kappa shape index (κ2) is 7.55. The zero-order valence-corrected chi connectivity index (χ0v) is 16.1. The van der Waals surface area contributed by atoms with Gasteiger partial charge in [0.05, 0.1) is 32.4 Å². The molecular formula is C19H21N5O5. The maximum atomic E-state index is 12.6. The van der Waals surface area contributed by atoms with Crippen molar-refractivity contribution in [2.45, 2.75) is 25.5 Å². The fraction of sp³-hybridized carbons (Fsp3) is 0.368. The fourth-order valence-electron chi connectivity index (χ4n) is 3.55. The quantitative estimate of drug-likeness (QED) is 0.633. The fourth-order valence-corrected chi connectivity index (χ4v) is 3.55. The third-order valence-corrected chi connectivity index (χ3v) is 4.91. The molecule has 2 aromatic heterocycles. The molecule has 3 aromatic rings. The molecule has 3 heterocycles. The number of hydrogen-bond acceptors (Lipinski definition) is 7. The van der Waals surface area contributed by atoms with E-state index in [0.29, 0.717) is 30.2 Å². The Kier molecular flexibility index (Phi) is 4.93. The number of nitrogens with two attached hydrogens (primary N) is 1. The molecule has 1 aliphatic heterocycles. The molecule has 0 radical (unpaired) electrons. The molecule has 0 saturated carbocycles. The Hall–Kier alpha value is -3.40. The summed E-state index contributed by atoms with van der Waals surface area (Å²) in [6, 6.07) is 5.23. The lowest BCUT2D eigenvalue weighted by Crippen LogP contribution is -2.24. The number of aromatic amines is 1. The van der Waals surface area contributed by atoms with Crippen LogP contribution in [0.4, 0.5) is 0 Å². The molecule has 1 atom stereocenters. The van der Waals surface area contributed by atoms with Gasteiger partial charge in [-0.3, -0.25) is 9.36 Å². The number of aromatic nitrogens is 4. The number of imidazole rings is 1. The van der Waals surface area contributed by atoms with Gasteiger partial charge in [0.25, 0.3) is 5.91 Å². The molecule has 0 spiro atoms. The van der Waals surface area contributed by atoms with E-state index in [1.165, 1.54) is 18.8 Å². The first-order chi connectivity index (χ1) is 14.0. The maximum Gasteiger partial charge on any atom is 0.327 e. The number of carbonyl (C=O) groups excluding carboxylic acids is 1. The third kappa shape index (κ3) is 3.31. The highest BCUT2D eigenvalue weighted by atomic mass is 16.5. The van der Waals surface area contributed by atoms with E-state index in [4.69, 9.17) is 19.9 Å². The van der Waals surface area contributed by atoms with Crippen LogP contribution in [0.2, 0.25) is 0 Å². The van der Waals surface area contributed by atoms with Crippen LogP contribution in [-0.2, 0) is 11.3 Å². The van der Waals surface area contributed by atoms with Crippen LogP contribution in [0.1, 0.15) is 23.3 Å². The van der Waals surface area contributed by atoms with E-state index in [1.807, 2.05) is 0 Å². The summed E-state index contributed by atoms with van der Waals surface area (Å²) in [5.41, 5.74) is 6.06. The van der Waals surface area contributed by atoms with Crippen molar-refractivity contribution in [1.29, 1.82) is 0 Å². The molecule has 3 N–H and O–H groups in total. The second-order valence-electron chi connectivity index (χ2n) is 6.68. The van der Waals surface area contributed by atoms with Crippen molar-refractivity contribution in [1.82, 2.24) is 19.5 Å². The summed E-state index contributed by atoms with van der Waals surface area (Å²) in [6.45, 7) is 0.984. The molecule has 1 saturated heterocycles. The Morgan fingerprint density at radius 2 is 2.17 bits per heavy atom. The Labute approximate surface area is 165 Å². The number of amides is 1. The van der Waals surface area contributed by atoms with Crippen molar-refractivity contribution in [2.75, 3.05) is 20.8 Å². The predicted molar refractivity (Wildman–Crippen MR) is 104 cm³/mol. The monoisotopic (exact) mass is 399 g/mol. The largest absolute Gasteiger partial charge is 0.493 e. The van der Waals surface area contributed by atoms with E-state index in [0.717, 1.165) is 12.8 Å². The molecule has 1 aliphatic rings. The zero-order chi connectivity index (χ0) is 20.5. The summed E-state index contributed by atoms with van der Waals surface area (Å²) in [5, 5.41) is 0. The Morgan fingerprint density at radius 1 is 1.34 bits per heavy atom. The summed E-state index contributed by atoms with van der Waals surface area (Å²) in [5.74, 6) is 0.321. The van der Waals surface area contributed by atoms with Crippen molar-refractivity contribution in [2.24, 2.45) is 5.73 Å². The standard InChI is InChI=1S/C19H21N5O5/c1-27-12-7-3-6-11(15(12)28-2)17-21-13(16(20)25)14-18(23-17)24(19(26)22-14)9-10-5-4-8-29-10/h3,6-7,10H,4-5,8-9H2,1-2H3,(H2,20,25)(H,22,26)/t10-/m0/s1. The highest BCUT2D eigenvalue weighted by Crippen LogP contribution is 2.36. The number of nitrogens with one attached hydrogen (secondary N) is 1. The molecule has 0 unspecified atom stereocenters. The lowest BCUT2D eigenvalue weighted by Gasteiger charge is -2.13. The van der Waals surface area contributed by atoms with Crippen molar-refractivity contribution >= 4 is 17.1 Å². The van der Waals surface area contributed by atoms with Gasteiger partial charge in [0.1, 0.15) is 5.52 Å². The van der Waals surface area contributed by atoms with Gasteiger partial charge < -0.3 is 24.9 Å². The van der Waals surface area contributed by atoms with Crippen LogP contribution in [0.15, 0.2) is 23.0 Å². The number of H-pyrrole nitrogens is 1. The third-order valence-electron chi connectivity index (χ3n) is 4.91. The van der Waals surface area contributed by atoms with Gasteiger partial charge in [-0.15, -0.1) is 0 Å². The minimum Gasteiger partial charge on any atom is -0.493 e. The first-order valence-electron chi connectivity index (χ1n) is 9.16. The summed E-state index contributed by atoms with van der Waals surface area (Å²) in [6.07, 6.45) is 1.70. The van der Waals surface area contributed by atoms with E-state index >= 15 is 0 Å². The topological polar surface area (TPSA) is 134 Å². The van der Waals surface area contributed by atoms with Crippen molar-refractivity contribution in [3.05, 3.63) is 34.4 Å². The Balaban J connectivity index is 1.94. The van der Waals surface area contributed by atoms with Crippen molar-refractivity contribution in [3.8, 4) is 22.9 Å². The summed E-state index contributed by atoms with van der Waals surface area (Å²) in [4.78, 5) is 36.1. The van der Waals surface area contributed by atoms with Crippen molar-refractivity contribution in [3.63, 3.8) is 0 Å². The predicted octanol–water partition coefficient (Wildman–Crippen LogP) is 1.08. The number of fused-ring (bicyclic) bond motifs is 1. The Morgan fingerprint density at radius 3 is 2.83 bits per heavy atom. The number of hydrogen-bond donors (Lipinski definition) is 2. The first-order valence-corrected chi connectivity index (χ1v) is 9.16. The number of benzene rings is 1. The molecule has 10 heteroatoms. The van der Waals surface area contributed by atoms with E-state index < -0.39 is 11.6 Å². The van der Waals surface area contributed by atoms with Gasteiger partial charge in [0, 0.05) is 6.61 Å². The highest BCUT2D eigenvalue weighted by molar-refractivity contribution is 6.02. The molecular weight excluding hydrogens is 378 g/mol. The second-order valence-corrected chi connectivity index (χ2v) is 6.68. The van der Waals surface area contributed by atoms with Crippen LogP contribution >= 0.6 is 0 Å². The van der Waals surface area contributed by atoms with Crippen LogP contribution in [0.25, 0.3) is 22.6 Å². The van der Waals surface area contributed by atoms with Gasteiger partial charge in [-0.1, -0.05) is 6.07 Å². The first kappa shape index (κ1) is 18.9. The van der Waals surface area contributed by atoms with Gasteiger partial charge in [-0.25, -0.2) is 14.8 Å². The molecule has 0 bridgehead atoms. The minimum absolute atomic E-state index is 0.0712. The van der Waals surface area contributed by atoms with Gasteiger partial charge >= 0.3 is 5.69 Å². The van der Waals surface area contributed by atoms with Gasteiger partial charge in [0.15, 0.2) is 28.7 Å². The SMILES string of the molecule is COc1cccc(-c2nc(C(N)=O)c3[nH]c(=O)n(C[C@@H]4CCCO4)c3n2)c1OC. The minimum atomic E-state index is -0.772. The van der Waals surface area contributed by atoms with Crippen LogP contribution in [0, 0.1) is 0 Å². The highest BCUT2D eigenvalue weighted by Gasteiger charge is 2.24. The maximum absolute atomic E-state index is 12.6. The number of para-hydroxylation sites is 1. The lowest BCUT2D eigenvalue weighted by molar-refractivity contribution is 0.0970. The lowest BCUT2D eigenvalue weighted by atomic mass is 10.1. The molecule has 1 fully saturated rings. The smallest absolute Gasteiger partial charge is 0.327 e. The number of methoxy groups -OCH3 is 2. The van der Waals surface area contributed by atoms with Gasteiger partial charge in [0.2, 0.25) is 0 Å². The summed E-state index contributed by atoms with van der Waals surface area (Å²) >= 11 is 0. The number of primary amides is 1. The Bertz CT molecular complexity index is 1130. The molecule has 4 rings (SSSR count). The average molecular weight is 399 g/mol. The van der Waals surface area contributed by atoms with E-state index in [9.17, 15) is 9.59 Å². The molecule has 0 aliphatic carbocycles. The summed E-state index contributed by atoms with van der Waals surface area (Å²) < 4.78 is 17.9. The summed E-state index contributed by atoms with van der Waals surface area (Å²) in [7, 11) is 3.02. The molecule has 1 amide bonds.